The van der Waals surface area contributed by atoms with Crippen molar-refractivity contribution in [3.05, 3.63) is 23.8 Å². The summed E-state index contributed by atoms with van der Waals surface area (Å²) in [4.78, 5) is 11.7. The molecule has 0 fully saturated rings. The molecule has 106 valence electrons. The third kappa shape index (κ3) is 4.47. The van der Waals surface area contributed by atoms with Crippen molar-refractivity contribution in [2.45, 2.75) is 33.6 Å². The minimum absolute atomic E-state index is 0.351. The Labute approximate surface area is 115 Å². The van der Waals surface area contributed by atoms with Gasteiger partial charge in [0.25, 0.3) is 0 Å². The number of esters is 1. The number of carbonyl (C=O) groups is 1. The molecule has 0 unspecified atom stereocenters. The molecule has 0 heterocycles. The van der Waals surface area contributed by atoms with Crippen molar-refractivity contribution in [3.63, 3.8) is 0 Å². The molecule has 0 aliphatic heterocycles. The highest BCUT2D eigenvalue weighted by atomic mass is 16.5. The Morgan fingerprint density at radius 2 is 2.00 bits per heavy atom. The van der Waals surface area contributed by atoms with Crippen LogP contribution in [0.5, 0.6) is 0 Å². The third-order valence-corrected chi connectivity index (χ3v) is 3.30. The van der Waals surface area contributed by atoms with Crippen molar-refractivity contribution in [1.82, 2.24) is 0 Å². The fourth-order valence-electron chi connectivity index (χ4n) is 1.89. The molecule has 3 N–H and O–H groups in total. The Morgan fingerprint density at radius 1 is 1.32 bits per heavy atom. The maximum absolute atomic E-state index is 11.7. The summed E-state index contributed by atoms with van der Waals surface area (Å²) < 4.78 is 4.98. The van der Waals surface area contributed by atoms with Gasteiger partial charge in [-0.1, -0.05) is 26.7 Å². The Morgan fingerprint density at radius 3 is 2.58 bits per heavy atom. The predicted molar refractivity (Wildman–Crippen MR) is 79.4 cm³/mol. The number of anilines is 2. The van der Waals surface area contributed by atoms with Gasteiger partial charge in [-0.15, -0.1) is 0 Å². The van der Waals surface area contributed by atoms with Crippen LogP contribution in [0.3, 0.4) is 0 Å². The second kappa shape index (κ2) is 7.67. The molecule has 0 aliphatic carbocycles. The van der Waals surface area contributed by atoms with Crippen molar-refractivity contribution in [1.29, 1.82) is 0 Å². The summed E-state index contributed by atoms with van der Waals surface area (Å²) >= 11 is 0. The highest BCUT2D eigenvalue weighted by molar-refractivity contribution is 5.96. The van der Waals surface area contributed by atoms with Crippen LogP contribution >= 0.6 is 0 Å². The smallest absolute Gasteiger partial charge is 0.340 e. The van der Waals surface area contributed by atoms with E-state index in [2.05, 4.69) is 19.2 Å². The van der Waals surface area contributed by atoms with Crippen LogP contribution in [0, 0.1) is 5.92 Å². The lowest BCUT2D eigenvalue weighted by Gasteiger charge is -2.15. The van der Waals surface area contributed by atoms with Crippen molar-refractivity contribution in [3.8, 4) is 0 Å². The molecule has 0 bridgehead atoms. The lowest BCUT2D eigenvalue weighted by Crippen LogP contribution is -2.14. The normalized spacial score (nSPS) is 10.5. The van der Waals surface area contributed by atoms with Crippen molar-refractivity contribution >= 4 is 17.3 Å². The van der Waals surface area contributed by atoms with Crippen LogP contribution in [0.25, 0.3) is 0 Å². The van der Waals surface area contributed by atoms with Crippen LogP contribution in [0.15, 0.2) is 18.2 Å². The van der Waals surface area contributed by atoms with Gasteiger partial charge in [0.15, 0.2) is 0 Å². The number of hydrogen-bond donors (Lipinski definition) is 2. The summed E-state index contributed by atoms with van der Waals surface area (Å²) in [7, 11) is 0. The molecule has 0 atom stereocenters. The first-order valence-electron chi connectivity index (χ1n) is 6.92. The van der Waals surface area contributed by atoms with Gasteiger partial charge in [0.05, 0.1) is 12.2 Å². The average Bonchev–Trinajstić information content (AvgIpc) is 2.41. The quantitative estimate of drug-likeness (QED) is 0.586. The minimum atomic E-state index is -0.369. The molecular formula is C15H24N2O2. The summed E-state index contributed by atoms with van der Waals surface area (Å²) in [6, 6.07) is 5.39. The van der Waals surface area contributed by atoms with E-state index in [1.54, 1.807) is 19.1 Å². The SMILES string of the molecule is CCOC(=O)c1cc(NCC(CC)CC)ccc1N. The molecule has 0 radical (unpaired) electrons. The van der Waals surface area contributed by atoms with Crippen LogP contribution in [0.1, 0.15) is 44.0 Å². The van der Waals surface area contributed by atoms with Gasteiger partial charge < -0.3 is 15.8 Å². The van der Waals surface area contributed by atoms with E-state index >= 15 is 0 Å². The van der Waals surface area contributed by atoms with Gasteiger partial charge in [0.1, 0.15) is 0 Å². The van der Waals surface area contributed by atoms with E-state index in [1.165, 1.54) is 0 Å². The molecule has 4 nitrogen and oxygen atoms in total. The molecule has 0 saturated carbocycles. The summed E-state index contributed by atoms with van der Waals surface area (Å²) in [6.07, 6.45) is 2.28. The van der Waals surface area contributed by atoms with Gasteiger partial charge in [-0.05, 0) is 31.0 Å². The number of ether oxygens (including phenoxy) is 1. The zero-order chi connectivity index (χ0) is 14.3. The van der Waals surface area contributed by atoms with E-state index in [9.17, 15) is 4.79 Å². The van der Waals surface area contributed by atoms with Crippen LogP contribution in [-0.4, -0.2) is 19.1 Å². The Bertz CT molecular complexity index is 415. The van der Waals surface area contributed by atoms with Gasteiger partial charge in [-0.3, -0.25) is 0 Å². The summed E-state index contributed by atoms with van der Waals surface area (Å²) in [5, 5.41) is 3.35. The molecule has 1 aromatic carbocycles. The lowest BCUT2D eigenvalue weighted by molar-refractivity contribution is 0.0527. The number of rotatable bonds is 7. The molecule has 1 rings (SSSR count). The molecular weight excluding hydrogens is 240 g/mol. The summed E-state index contributed by atoms with van der Waals surface area (Å²) in [5.74, 6) is 0.273. The molecule has 0 aromatic heterocycles. The largest absolute Gasteiger partial charge is 0.462 e. The van der Waals surface area contributed by atoms with E-state index in [-0.39, 0.29) is 5.97 Å². The molecule has 4 heteroatoms. The second-order valence-corrected chi connectivity index (χ2v) is 4.59. The van der Waals surface area contributed by atoms with Crippen LogP contribution in [0.2, 0.25) is 0 Å². The van der Waals surface area contributed by atoms with Crippen molar-refractivity contribution < 1.29 is 9.53 Å². The maximum Gasteiger partial charge on any atom is 0.340 e. The number of nitrogens with one attached hydrogen (secondary N) is 1. The van der Waals surface area contributed by atoms with E-state index in [0.717, 1.165) is 25.1 Å². The van der Waals surface area contributed by atoms with Crippen LogP contribution in [-0.2, 0) is 4.74 Å². The van der Waals surface area contributed by atoms with Gasteiger partial charge in [0, 0.05) is 17.9 Å². The summed E-state index contributed by atoms with van der Waals surface area (Å²) in [6.45, 7) is 7.40. The van der Waals surface area contributed by atoms with Gasteiger partial charge in [0.2, 0.25) is 0 Å². The minimum Gasteiger partial charge on any atom is -0.462 e. The Balaban J connectivity index is 2.75. The predicted octanol–water partition coefficient (Wildman–Crippen LogP) is 3.29. The average molecular weight is 264 g/mol. The van der Waals surface area contributed by atoms with Gasteiger partial charge in [-0.25, -0.2) is 4.79 Å². The first-order chi connectivity index (χ1) is 9.12. The number of carbonyl (C=O) groups excluding carboxylic acids is 1. The molecule has 0 amide bonds. The molecule has 0 saturated heterocycles. The van der Waals surface area contributed by atoms with E-state index in [1.807, 2.05) is 6.07 Å². The zero-order valence-corrected chi connectivity index (χ0v) is 12.0. The molecule has 19 heavy (non-hydrogen) atoms. The topological polar surface area (TPSA) is 64.3 Å². The monoisotopic (exact) mass is 264 g/mol. The van der Waals surface area contributed by atoms with E-state index in [0.29, 0.717) is 23.8 Å². The fraction of sp³-hybridized carbons (Fsp3) is 0.533. The van der Waals surface area contributed by atoms with Crippen LogP contribution in [0.4, 0.5) is 11.4 Å². The third-order valence-electron chi connectivity index (χ3n) is 3.30. The van der Waals surface area contributed by atoms with E-state index < -0.39 is 0 Å². The number of nitrogen functional groups attached to an aromatic ring is 1. The van der Waals surface area contributed by atoms with Gasteiger partial charge in [-0.2, -0.15) is 0 Å². The second-order valence-electron chi connectivity index (χ2n) is 4.59. The Kier molecular flexibility index (Phi) is 6.19. The van der Waals surface area contributed by atoms with Gasteiger partial charge >= 0.3 is 5.97 Å². The van der Waals surface area contributed by atoms with Crippen molar-refractivity contribution in [2.24, 2.45) is 5.92 Å². The fourth-order valence-corrected chi connectivity index (χ4v) is 1.89. The molecule has 0 aliphatic rings. The van der Waals surface area contributed by atoms with Crippen LogP contribution < -0.4 is 11.1 Å². The summed E-state index contributed by atoms with van der Waals surface area (Å²) in [5.41, 5.74) is 7.58. The standard InChI is InChI=1S/C15H24N2O2/c1-4-11(5-2)10-17-12-7-8-14(16)13(9-12)15(18)19-6-3/h7-9,11,17H,4-6,10,16H2,1-3H3. The first-order valence-corrected chi connectivity index (χ1v) is 6.92. The molecule has 0 spiro atoms. The molecule has 1 aromatic rings. The maximum atomic E-state index is 11.7. The van der Waals surface area contributed by atoms with E-state index in [4.69, 9.17) is 10.5 Å². The zero-order valence-electron chi connectivity index (χ0n) is 12.0. The number of benzene rings is 1. The Hall–Kier alpha value is -1.71. The highest BCUT2D eigenvalue weighted by Crippen LogP contribution is 2.20. The lowest BCUT2D eigenvalue weighted by atomic mass is 10.0. The number of hydrogen-bond acceptors (Lipinski definition) is 4. The first kappa shape index (κ1) is 15.3. The number of nitrogens with two attached hydrogens (primary N) is 1. The highest BCUT2D eigenvalue weighted by Gasteiger charge is 2.12. The van der Waals surface area contributed by atoms with Crippen molar-refractivity contribution in [2.75, 3.05) is 24.2 Å².